The number of nitrogens with one attached hydrogen (secondary N) is 1. The molecule has 10 heteroatoms. The van der Waals surface area contributed by atoms with Crippen molar-refractivity contribution in [2.75, 3.05) is 17.4 Å². The second-order valence-electron chi connectivity index (χ2n) is 10.6. The van der Waals surface area contributed by atoms with Crippen molar-refractivity contribution in [2.45, 2.75) is 50.6 Å². The molecule has 0 aliphatic heterocycles. The van der Waals surface area contributed by atoms with Gasteiger partial charge in [0.1, 0.15) is 12.6 Å². The van der Waals surface area contributed by atoms with Gasteiger partial charge in [0, 0.05) is 35.1 Å². The van der Waals surface area contributed by atoms with Crippen molar-refractivity contribution in [3.8, 4) is 0 Å². The lowest BCUT2D eigenvalue weighted by molar-refractivity contribution is -0.140. The predicted molar refractivity (Wildman–Crippen MR) is 181 cm³/mol. The van der Waals surface area contributed by atoms with Gasteiger partial charge < -0.3 is 10.2 Å². The molecule has 1 atom stereocenters. The van der Waals surface area contributed by atoms with Gasteiger partial charge in [0.05, 0.1) is 10.6 Å². The summed E-state index contributed by atoms with van der Waals surface area (Å²) in [6, 6.07) is 28.4. The molecule has 4 aromatic carbocycles. The van der Waals surface area contributed by atoms with E-state index in [1.807, 2.05) is 56.3 Å². The van der Waals surface area contributed by atoms with E-state index >= 15 is 0 Å². The van der Waals surface area contributed by atoms with E-state index in [9.17, 15) is 18.0 Å². The van der Waals surface area contributed by atoms with Crippen molar-refractivity contribution in [3.63, 3.8) is 0 Å². The van der Waals surface area contributed by atoms with Gasteiger partial charge in [0.2, 0.25) is 11.8 Å². The largest absolute Gasteiger partial charge is 0.354 e. The SMILES string of the molecule is CCCNC(=O)[C@@H](Cc1ccccc1)N(Cc1c(Cl)cccc1Cl)C(=O)CN(c1ccc(CC)cc1)S(=O)(=O)c1ccccc1. The molecule has 1 N–H and O–H groups in total. The van der Waals surface area contributed by atoms with Crippen LogP contribution in [0.4, 0.5) is 5.69 Å². The third-order valence-corrected chi connectivity index (χ3v) is 9.95. The third-order valence-electron chi connectivity index (χ3n) is 7.45. The van der Waals surface area contributed by atoms with Crippen LogP contribution in [0.3, 0.4) is 0 Å². The van der Waals surface area contributed by atoms with Crippen LogP contribution in [0.15, 0.2) is 108 Å². The van der Waals surface area contributed by atoms with Gasteiger partial charge in [-0.2, -0.15) is 0 Å². The van der Waals surface area contributed by atoms with Crippen LogP contribution in [0.1, 0.15) is 37.0 Å². The van der Waals surface area contributed by atoms with Gasteiger partial charge in [0.15, 0.2) is 0 Å². The highest BCUT2D eigenvalue weighted by Gasteiger charge is 2.35. The van der Waals surface area contributed by atoms with E-state index in [0.29, 0.717) is 34.3 Å². The number of anilines is 1. The number of nitrogens with zero attached hydrogens (tertiary/aromatic N) is 2. The second kappa shape index (κ2) is 15.9. The summed E-state index contributed by atoms with van der Waals surface area (Å²) in [7, 11) is -4.18. The van der Waals surface area contributed by atoms with Gasteiger partial charge in [0.25, 0.3) is 10.0 Å². The Labute approximate surface area is 275 Å². The molecular weight excluding hydrogens is 629 g/mol. The third kappa shape index (κ3) is 8.66. The number of carbonyl (C=O) groups excluding carboxylic acids is 2. The van der Waals surface area contributed by atoms with Gasteiger partial charge in [-0.15, -0.1) is 0 Å². The van der Waals surface area contributed by atoms with Gasteiger partial charge in [-0.05, 0) is 60.4 Å². The molecule has 7 nitrogen and oxygen atoms in total. The molecular formula is C35H37Cl2N3O4S. The van der Waals surface area contributed by atoms with E-state index in [-0.39, 0.29) is 23.8 Å². The fraction of sp³-hybridized carbons (Fsp3) is 0.257. The van der Waals surface area contributed by atoms with Crippen LogP contribution in [0, 0.1) is 0 Å². The Balaban J connectivity index is 1.82. The molecule has 2 amide bonds. The Morgan fingerprint density at radius 2 is 1.38 bits per heavy atom. The fourth-order valence-electron chi connectivity index (χ4n) is 4.92. The van der Waals surface area contributed by atoms with Gasteiger partial charge in [-0.1, -0.05) is 104 Å². The first kappa shape index (κ1) is 34.0. The fourth-order valence-corrected chi connectivity index (χ4v) is 6.87. The number of hydrogen-bond donors (Lipinski definition) is 1. The molecule has 45 heavy (non-hydrogen) atoms. The summed E-state index contributed by atoms with van der Waals surface area (Å²) in [5, 5.41) is 3.59. The van der Waals surface area contributed by atoms with E-state index in [0.717, 1.165) is 21.9 Å². The Hall–Kier alpha value is -3.85. The first-order valence-corrected chi connectivity index (χ1v) is 17.1. The summed E-state index contributed by atoms with van der Waals surface area (Å²) in [6.07, 6.45) is 1.66. The minimum absolute atomic E-state index is 0.0413. The van der Waals surface area contributed by atoms with E-state index in [2.05, 4.69) is 5.32 Å². The molecule has 236 valence electrons. The van der Waals surface area contributed by atoms with Crippen molar-refractivity contribution in [1.29, 1.82) is 0 Å². The molecule has 0 unspecified atom stereocenters. The summed E-state index contributed by atoms with van der Waals surface area (Å²) in [5.74, 6) is -0.945. The quantitative estimate of drug-likeness (QED) is 0.158. The zero-order chi connectivity index (χ0) is 32.4. The van der Waals surface area contributed by atoms with Crippen LogP contribution >= 0.6 is 23.2 Å². The summed E-state index contributed by atoms with van der Waals surface area (Å²) in [5.41, 5.74) is 2.64. The maximum absolute atomic E-state index is 14.5. The highest BCUT2D eigenvalue weighted by Crippen LogP contribution is 2.29. The molecule has 0 radical (unpaired) electrons. The Morgan fingerprint density at radius 1 is 0.778 bits per heavy atom. The molecule has 0 heterocycles. The summed E-state index contributed by atoms with van der Waals surface area (Å²) in [6.45, 7) is 3.69. The predicted octanol–water partition coefficient (Wildman–Crippen LogP) is 6.92. The zero-order valence-electron chi connectivity index (χ0n) is 25.3. The normalized spacial score (nSPS) is 11.9. The lowest BCUT2D eigenvalue weighted by atomic mass is 10.0. The van der Waals surface area contributed by atoms with Crippen molar-refractivity contribution in [2.24, 2.45) is 0 Å². The molecule has 0 aliphatic rings. The van der Waals surface area contributed by atoms with Crippen LogP contribution in [-0.4, -0.2) is 44.3 Å². The number of halogens is 2. The molecule has 0 bridgehead atoms. The lowest BCUT2D eigenvalue weighted by Gasteiger charge is -2.34. The number of sulfonamides is 1. The summed E-state index contributed by atoms with van der Waals surface area (Å²) >= 11 is 13.1. The maximum atomic E-state index is 14.5. The Kier molecular flexibility index (Phi) is 12.0. The first-order chi connectivity index (χ1) is 21.6. The number of aryl methyl sites for hydroxylation is 1. The molecule has 0 fully saturated rings. The number of amides is 2. The average Bonchev–Trinajstić information content (AvgIpc) is 3.06. The molecule has 0 saturated heterocycles. The van der Waals surface area contributed by atoms with Crippen LogP contribution in [-0.2, 0) is 39.0 Å². The lowest BCUT2D eigenvalue weighted by Crippen LogP contribution is -2.53. The van der Waals surface area contributed by atoms with E-state index < -0.39 is 28.5 Å². The van der Waals surface area contributed by atoms with Crippen LogP contribution in [0.25, 0.3) is 0 Å². The molecule has 0 saturated carbocycles. The van der Waals surface area contributed by atoms with Crippen molar-refractivity contribution in [3.05, 3.63) is 130 Å². The molecule has 4 rings (SSSR count). The molecule has 0 spiro atoms. The highest BCUT2D eigenvalue weighted by atomic mass is 35.5. The number of hydrogen-bond acceptors (Lipinski definition) is 4. The summed E-state index contributed by atoms with van der Waals surface area (Å²) in [4.78, 5) is 29.7. The second-order valence-corrected chi connectivity index (χ2v) is 13.2. The van der Waals surface area contributed by atoms with Gasteiger partial charge in [-0.25, -0.2) is 8.42 Å². The van der Waals surface area contributed by atoms with Crippen molar-refractivity contribution >= 4 is 50.7 Å². The van der Waals surface area contributed by atoms with E-state index in [4.69, 9.17) is 23.2 Å². The van der Waals surface area contributed by atoms with Crippen LogP contribution in [0.2, 0.25) is 10.0 Å². The molecule has 4 aromatic rings. The maximum Gasteiger partial charge on any atom is 0.264 e. The van der Waals surface area contributed by atoms with Gasteiger partial charge >= 0.3 is 0 Å². The Morgan fingerprint density at radius 3 is 1.96 bits per heavy atom. The minimum Gasteiger partial charge on any atom is -0.354 e. The standard InChI is InChI=1S/C35H37Cl2N3O4S/c1-3-22-38-35(42)33(23-27-12-7-5-8-13-27)39(24-30-31(36)16-11-17-32(30)37)34(41)25-40(28-20-18-26(4-2)19-21-28)45(43,44)29-14-9-6-10-15-29/h5-21,33H,3-4,22-25H2,1-2H3,(H,38,42)/t33-/m1/s1. The highest BCUT2D eigenvalue weighted by molar-refractivity contribution is 7.92. The average molecular weight is 667 g/mol. The first-order valence-electron chi connectivity index (χ1n) is 14.9. The smallest absolute Gasteiger partial charge is 0.264 e. The van der Waals surface area contributed by atoms with Crippen LogP contribution in [0.5, 0.6) is 0 Å². The van der Waals surface area contributed by atoms with E-state index in [1.54, 1.807) is 48.5 Å². The summed E-state index contributed by atoms with van der Waals surface area (Å²) < 4.78 is 29.3. The van der Waals surface area contributed by atoms with Crippen LogP contribution < -0.4 is 9.62 Å². The number of carbonyl (C=O) groups is 2. The zero-order valence-corrected chi connectivity index (χ0v) is 27.7. The number of rotatable bonds is 14. The van der Waals surface area contributed by atoms with Gasteiger partial charge in [-0.3, -0.25) is 13.9 Å². The van der Waals surface area contributed by atoms with Crippen molar-refractivity contribution < 1.29 is 18.0 Å². The monoisotopic (exact) mass is 665 g/mol. The van der Waals surface area contributed by atoms with E-state index in [1.165, 1.54) is 17.0 Å². The topological polar surface area (TPSA) is 86.8 Å². The minimum atomic E-state index is -4.18. The number of benzene rings is 4. The molecule has 0 aliphatic carbocycles. The van der Waals surface area contributed by atoms with Crippen molar-refractivity contribution in [1.82, 2.24) is 10.2 Å². The molecule has 0 aromatic heterocycles. The Bertz CT molecular complexity index is 1670.